The molecule has 0 spiro atoms. The highest BCUT2D eigenvalue weighted by atomic mass is 79.9. The molecule has 0 saturated carbocycles. The Hall–Kier alpha value is -2.41. The Bertz CT molecular complexity index is 751. The summed E-state index contributed by atoms with van der Waals surface area (Å²) in [5, 5.41) is 3.92. The van der Waals surface area contributed by atoms with Gasteiger partial charge in [0.2, 0.25) is 5.82 Å². The first-order valence-corrected chi connectivity index (χ1v) is 6.54. The Morgan fingerprint density at radius 3 is 2.55 bits per heavy atom. The van der Waals surface area contributed by atoms with Gasteiger partial charge in [-0.1, -0.05) is 5.16 Å². The summed E-state index contributed by atoms with van der Waals surface area (Å²) in [6.07, 6.45) is 1.66. The van der Waals surface area contributed by atoms with Crippen molar-refractivity contribution in [1.29, 1.82) is 0 Å². The zero-order chi connectivity index (χ0) is 14.1. The van der Waals surface area contributed by atoms with Crippen LogP contribution in [0.25, 0.3) is 23.0 Å². The topological polar surface area (TPSA) is 104 Å². The average molecular weight is 332 g/mol. The molecule has 4 N–H and O–H groups in total. The summed E-state index contributed by atoms with van der Waals surface area (Å²) < 4.78 is 6.03. The lowest BCUT2D eigenvalue weighted by Gasteiger charge is -1.99. The van der Waals surface area contributed by atoms with Crippen molar-refractivity contribution in [3.05, 3.63) is 41.0 Å². The molecule has 3 rings (SSSR count). The maximum Gasteiger partial charge on any atom is 0.258 e. The molecule has 0 bridgehead atoms. The minimum Gasteiger partial charge on any atom is -0.399 e. The highest BCUT2D eigenvalue weighted by molar-refractivity contribution is 9.10. The van der Waals surface area contributed by atoms with E-state index in [0.29, 0.717) is 34.3 Å². The Kier molecular flexibility index (Phi) is 3.11. The molecule has 6 nitrogen and oxygen atoms in total. The van der Waals surface area contributed by atoms with Gasteiger partial charge in [0.05, 0.1) is 0 Å². The molecule has 2 aromatic heterocycles. The van der Waals surface area contributed by atoms with Gasteiger partial charge in [-0.15, -0.1) is 0 Å². The van der Waals surface area contributed by atoms with Gasteiger partial charge < -0.3 is 16.0 Å². The van der Waals surface area contributed by atoms with Crippen molar-refractivity contribution in [2.24, 2.45) is 0 Å². The van der Waals surface area contributed by atoms with E-state index in [1.807, 2.05) is 12.1 Å². The molecule has 3 aromatic rings. The van der Waals surface area contributed by atoms with Crippen molar-refractivity contribution < 1.29 is 4.52 Å². The largest absolute Gasteiger partial charge is 0.399 e. The minimum absolute atomic E-state index is 0.344. The first-order valence-electron chi connectivity index (χ1n) is 5.74. The summed E-state index contributed by atoms with van der Waals surface area (Å²) >= 11 is 3.40. The number of anilines is 2. The van der Waals surface area contributed by atoms with Crippen molar-refractivity contribution in [3.63, 3.8) is 0 Å². The molecule has 0 atom stereocenters. The van der Waals surface area contributed by atoms with Crippen LogP contribution in [-0.2, 0) is 0 Å². The lowest BCUT2D eigenvalue weighted by molar-refractivity contribution is 0.432. The first kappa shape index (κ1) is 12.6. The van der Waals surface area contributed by atoms with Gasteiger partial charge in [0.15, 0.2) is 0 Å². The van der Waals surface area contributed by atoms with Gasteiger partial charge in [0.1, 0.15) is 5.69 Å². The van der Waals surface area contributed by atoms with Crippen molar-refractivity contribution in [2.45, 2.75) is 0 Å². The zero-order valence-electron chi connectivity index (χ0n) is 10.2. The fourth-order valence-corrected chi connectivity index (χ4v) is 2.22. The van der Waals surface area contributed by atoms with E-state index >= 15 is 0 Å². The van der Waals surface area contributed by atoms with Crippen LogP contribution in [0.3, 0.4) is 0 Å². The fourth-order valence-electron chi connectivity index (χ4n) is 1.79. The molecule has 20 heavy (non-hydrogen) atoms. The van der Waals surface area contributed by atoms with Crippen LogP contribution < -0.4 is 11.5 Å². The van der Waals surface area contributed by atoms with Gasteiger partial charge in [0, 0.05) is 27.6 Å². The monoisotopic (exact) mass is 331 g/mol. The lowest BCUT2D eigenvalue weighted by Crippen LogP contribution is -1.91. The van der Waals surface area contributed by atoms with Crippen molar-refractivity contribution >= 4 is 27.3 Å². The van der Waals surface area contributed by atoms with E-state index in [-0.39, 0.29) is 0 Å². The summed E-state index contributed by atoms with van der Waals surface area (Å²) in [5.74, 6) is 0.741. The maximum atomic E-state index is 5.75. The molecular weight excluding hydrogens is 322 g/mol. The van der Waals surface area contributed by atoms with Gasteiger partial charge in [-0.05, 0) is 46.3 Å². The predicted octanol–water partition coefficient (Wildman–Crippen LogP) is 2.73. The van der Waals surface area contributed by atoms with Crippen LogP contribution in [0.5, 0.6) is 0 Å². The molecule has 0 fully saturated rings. The smallest absolute Gasteiger partial charge is 0.258 e. The molecule has 0 aliphatic carbocycles. The van der Waals surface area contributed by atoms with E-state index in [1.54, 1.807) is 24.4 Å². The molecule has 0 amide bonds. The summed E-state index contributed by atoms with van der Waals surface area (Å²) in [7, 11) is 0. The summed E-state index contributed by atoms with van der Waals surface area (Å²) in [6.45, 7) is 0. The molecule has 0 aliphatic heterocycles. The number of nitrogens with zero attached hydrogens (tertiary/aromatic N) is 3. The van der Waals surface area contributed by atoms with E-state index in [0.717, 1.165) is 4.47 Å². The zero-order valence-corrected chi connectivity index (χ0v) is 11.8. The van der Waals surface area contributed by atoms with E-state index < -0.39 is 0 Å². The number of rotatable bonds is 2. The Labute approximate surface area is 122 Å². The normalized spacial score (nSPS) is 10.7. The van der Waals surface area contributed by atoms with Crippen LogP contribution in [0.4, 0.5) is 11.4 Å². The van der Waals surface area contributed by atoms with Crippen LogP contribution >= 0.6 is 15.9 Å². The van der Waals surface area contributed by atoms with Crippen LogP contribution in [0, 0.1) is 0 Å². The number of hydrogen-bond donors (Lipinski definition) is 2. The number of aromatic nitrogens is 3. The standard InChI is InChI=1S/C13H10BrN5O/c14-10-2-1-3-17-11(10)12-18-13(20-19-12)7-4-8(15)6-9(16)5-7/h1-6H,15-16H2. The van der Waals surface area contributed by atoms with Crippen LogP contribution in [0.2, 0.25) is 0 Å². The predicted molar refractivity (Wildman–Crippen MR) is 79.5 cm³/mol. The Balaban J connectivity index is 2.04. The van der Waals surface area contributed by atoms with Gasteiger partial charge in [-0.2, -0.15) is 4.98 Å². The van der Waals surface area contributed by atoms with Gasteiger partial charge in [-0.3, -0.25) is 4.98 Å². The number of pyridine rings is 1. The Morgan fingerprint density at radius 2 is 1.85 bits per heavy atom. The van der Waals surface area contributed by atoms with Crippen LogP contribution in [-0.4, -0.2) is 15.1 Å². The summed E-state index contributed by atoms with van der Waals surface area (Å²) in [4.78, 5) is 8.52. The number of benzene rings is 1. The number of halogens is 1. The Morgan fingerprint density at radius 1 is 1.10 bits per heavy atom. The van der Waals surface area contributed by atoms with Crippen molar-refractivity contribution in [3.8, 4) is 23.0 Å². The molecule has 0 aliphatic rings. The second kappa shape index (κ2) is 4.93. The van der Waals surface area contributed by atoms with E-state index in [4.69, 9.17) is 16.0 Å². The third-order valence-electron chi connectivity index (χ3n) is 2.62. The maximum absolute atomic E-state index is 5.75. The molecular formula is C13H10BrN5O. The van der Waals surface area contributed by atoms with Crippen LogP contribution in [0.15, 0.2) is 45.5 Å². The lowest BCUT2D eigenvalue weighted by atomic mass is 10.2. The van der Waals surface area contributed by atoms with Gasteiger partial charge in [0.25, 0.3) is 5.89 Å². The van der Waals surface area contributed by atoms with E-state index in [2.05, 4.69) is 31.1 Å². The summed E-state index contributed by atoms with van der Waals surface area (Å²) in [5.41, 5.74) is 13.9. The molecule has 0 radical (unpaired) electrons. The highest BCUT2D eigenvalue weighted by Crippen LogP contribution is 2.27. The molecule has 1 aromatic carbocycles. The number of nitrogens with two attached hydrogens (primary N) is 2. The first-order chi connectivity index (χ1) is 9.63. The highest BCUT2D eigenvalue weighted by Gasteiger charge is 2.14. The van der Waals surface area contributed by atoms with Crippen molar-refractivity contribution in [2.75, 3.05) is 11.5 Å². The molecule has 7 heteroatoms. The minimum atomic E-state index is 0.344. The van der Waals surface area contributed by atoms with Crippen LogP contribution in [0.1, 0.15) is 0 Å². The second-order valence-electron chi connectivity index (χ2n) is 4.15. The number of nitrogen functional groups attached to an aromatic ring is 2. The third-order valence-corrected chi connectivity index (χ3v) is 3.26. The second-order valence-corrected chi connectivity index (χ2v) is 5.00. The molecule has 2 heterocycles. The third kappa shape index (κ3) is 2.35. The van der Waals surface area contributed by atoms with E-state index in [9.17, 15) is 0 Å². The SMILES string of the molecule is Nc1cc(N)cc(-c2nc(-c3ncccc3Br)no2)c1. The van der Waals surface area contributed by atoms with Gasteiger partial charge in [-0.25, -0.2) is 0 Å². The fraction of sp³-hybridized carbons (Fsp3) is 0. The number of hydrogen-bond acceptors (Lipinski definition) is 6. The molecule has 0 saturated heterocycles. The average Bonchev–Trinajstić information content (AvgIpc) is 2.87. The molecule has 0 unspecified atom stereocenters. The summed E-state index contributed by atoms with van der Waals surface area (Å²) in [6, 6.07) is 8.78. The quantitative estimate of drug-likeness (QED) is 0.699. The van der Waals surface area contributed by atoms with Crippen molar-refractivity contribution in [1.82, 2.24) is 15.1 Å². The molecule has 100 valence electrons. The van der Waals surface area contributed by atoms with Gasteiger partial charge >= 0.3 is 0 Å². The van der Waals surface area contributed by atoms with E-state index in [1.165, 1.54) is 0 Å².